The van der Waals surface area contributed by atoms with Crippen molar-refractivity contribution >= 4 is 17.1 Å². The van der Waals surface area contributed by atoms with E-state index in [9.17, 15) is 9.90 Å². The van der Waals surface area contributed by atoms with Crippen molar-refractivity contribution in [2.24, 2.45) is 5.92 Å². The van der Waals surface area contributed by atoms with Gasteiger partial charge in [0.15, 0.2) is 6.33 Å². The Balaban J connectivity index is 2.05. The minimum absolute atomic E-state index is 0.0339. The van der Waals surface area contributed by atoms with Gasteiger partial charge in [-0.2, -0.15) is 0 Å². The second-order valence-corrected chi connectivity index (χ2v) is 6.10. The van der Waals surface area contributed by atoms with Crippen LogP contribution in [0.15, 0.2) is 11.1 Å². The lowest BCUT2D eigenvalue weighted by atomic mass is 9.95. The summed E-state index contributed by atoms with van der Waals surface area (Å²) in [6.07, 6.45) is 0.959. The van der Waals surface area contributed by atoms with Crippen molar-refractivity contribution in [3.05, 3.63) is 16.7 Å². The molecule has 2 aromatic rings. The summed E-state index contributed by atoms with van der Waals surface area (Å²) < 4.78 is 14.5. The summed E-state index contributed by atoms with van der Waals surface area (Å²) in [5, 5.41) is 10.7. The standard InChI is InChI=1S/C15H23N5O4/c1-4-19-7-20(12-10(19)13(22)18-15(16)17-12)14-11(21)9(5-6-23-3)8(2)24-14/h7-9,11,14,21H,4-6H2,1-3H3,(H2-,16,17,18,22)/p+1/t8-,9-,11-,14-/m1/s1. The number of fused-ring (bicyclic) bond motifs is 1. The van der Waals surface area contributed by atoms with Gasteiger partial charge in [-0.05, 0) is 20.3 Å². The van der Waals surface area contributed by atoms with Crippen molar-refractivity contribution in [3.8, 4) is 0 Å². The molecule has 9 heteroatoms. The first-order valence-corrected chi connectivity index (χ1v) is 8.10. The molecule has 9 nitrogen and oxygen atoms in total. The number of nitrogens with one attached hydrogen (secondary N) is 1. The zero-order valence-electron chi connectivity index (χ0n) is 14.1. The van der Waals surface area contributed by atoms with Crippen molar-refractivity contribution in [1.82, 2.24) is 14.5 Å². The molecule has 1 fully saturated rings. The largest absolute Gasteiger partial charge is 0.386 e. The Labute approximate surface area is 139 Å². The number of aromatic nitrogens is 4. The van der Waals surface area contributed by atoms with E-state index in [0.29, 0.717) is 30.7 Å². The van der Waals surface area contributed by atoms with Gasteiger partial charge in [-0.3, -0.25) is 14.3 Å². The predicted octanol–water partition coefficient (Wildman–Crippen LogP) is -0.455. The minimum atomic E-state index is -0.724. The molecule has 3 heterocycles. The van der Waals surface area contributed by atoms with E-state index in [4.69, 9.17) is 15.2 Å². The van der Waals surface area contributed by atoms with E-state index in [1.165, 1.54) is 0 Å². The Morgan fingerprint density at radius 2 is 2.33 bits per heavy atom. The van der Waals surface area contributed by atoms with E-state index in [-0.39, 0.29) is 23.5 Å². The number of methoxy groups -OCH3 is 1. The number of aryl methyl sites for hydroxylation is 1. The number of rotatable bonds is 5. The summed E-state index contributed by atoms with van der Waals surface area (Å²) in [6, 6.07) is 0. The summed E-state index contributed by atoms with van der Waals surface area (Å²) >= 11 is 0. The van der Waals surface area contributed by atoms with Crippen molar-refractivity contribution in [2.45, 2.75) is 45.2 Å². The average Bonchev–Trinajstić information content (AvgIpc) is 3.03. The van der Waals surface area contributed by atoms with Crippen LogP contribution in [0, 0.1) is 5.92 Å². The Hall–Kier alpha value is -1.97. The van der Waals surface area contributed by atoms with Crippen molar-refractivity contribution in [3.63, 3.8) is 0 Å². The molecule has 2 aromatic heterocycles. The second-order valence-electron chi connectivity index (χ2n) is 6.10. The topological polar surface area (TPSA) is 119 Å². The monoisotopic (exact) mass is 338 g/mol. The smallest absolute Gasteiger partial charge is 0.313 e. The lowest BCUT2D eigenvalue weighted by molar-refractivity contribution is -0.745. The fourth-order valence-corrected chi connectivity index (χ4v) is 3.38. The van der Waals surface area contributed by atoms with E-state index < -0.39 is 12.3 Å². The highest BCUT2D eigenvalue weighted by Gasteiger charge is 2.45. The first kappa shape index (κ1) is 16.9. The molecule has 132 valence electrons. The molecule has 1 aliphatic rings. The zero-order chi connectivity index (χ0) is 17.4. The van der Waals surface area contributed by atoms with Crippen LogP contribution in [0.1, 0.15) is 26.5 Å². The number of hydrogen-bond donors (Lipinski definition) is 3. The average molecular weight is 338 g/mol. The normalized spacial score (nSPS) is 27.2. The van der Waals surface area contributed by atoms with Crippen LogP contribution in [0.3, 0.4) is 0 Å². The molecule has 0 aromatic carbocycles. The number of hydrogen-bond acceptors (Lipinski definition) is 6. The number of nitrogen functional groups attached to an aromatic ring is 1. The second kappa shape index (κ2) is 6.50. The molecule has 1 aliphatic heterocycles. The maximum atomic E-state index is 12.2. The Morgan fingerprint density at radius 1 is 1.58 bits per heavy atom. The van der Waals surface area contributed by atoms with Gasteiger partial charge < -0.3 is 20.3 Å². The molecule has 0 saturated carbocycles. The number of anilines is 1. The fourth-order valence-electron chi connectivity index (χ4n) is 3.38. The molecule has 0 bridgehead atoms. The number of aromatic amines is 1. The van der Waals surface area contributed by atoms with E-state index in [1.54, 1.807) is 22.6 Å². The molecule has 0 aliphatic carbocycles. The van der Waals surface area contributed by atoms with Gasteiger partial charge in [0, 0.05) is 19.6 Å². The summed E-state index contributed by atoms with van der Waals surface area (Å²) in [5.74, 6) is -0.0200. The van der Waals surface area contributed by atoms with Gasteiger partial charge in [0.2, 0.25) is 11.7 Å². The molecule has 0 spiro atoms. The SMILES string of the molecule is CCn1c[n+]([C@@H]2O[C@H](C)[C@@H](CCOC)[C@H]2O)c2nc(N)[nH]c(=O)c21. The van der Waals surface area contributed by atoms with Gasteiger partial charge in [-0.15, -0.1) is 0 Å². The summed E-state index contributed by atoms with van der Waals surface area (Å²) in [7, 11) is 1.63. The third kappa shape index (κ3) is 2.68. The predicted molar refractivity (Wildman–Crippen MR) is 86.2 cm³/mol. The third-order valence-electron chi connectivity index (χ3n) is 4.65. The third-order valence-corrected chi connectivity index (χ3v) is 4.65. The van der Waals surface area contributed by atoms with Crippen molar-refractivity contribution in [2.75, 3.05) is 19.5 Å². The molecular weight excluding hydrogens is 314 g/mol. The maximum absolute atomic E-state index is 12.2. The van der Waals surface area contributed by atoms with E-state index in [0.717, 1.165) is 0 Å². The molecule has 4 atom stereocenters. The molecule has 3 rings (SSSR count). The van der Waals surface area contributed by atoms with Crippen LogP contribution < -0.4 is 15.9 Å². The van der Waals surface area contributed by atoms with Crippen LogP contribution in [-0.4, -0.2) is 45.6 Å². The van der Waals surface area contributed by atoms with E-state index >= 15 is 0 Å². The van der Waals surface area contributed by atoms with Gasteiger partial charge in [0.1, 0.15) is 6.10 Å². The first-order chi connectivity index (χ1) is 11.5. The van der Waals surface area contributed by atoms with Crippen LogP contribution in [0.2, 0.25) is 0 Å². The Morgan fingerprint density at radius 3 is 3.00 bits per heavy atom. The first-order valence-electron chi connectivity index (χ1n) is 8.10. The number of aliphatic hydroxyl groups excluding tert-OH is 1. The fraction of sp³-hybridized carbons (Fsp3) is 0.667. The highest BCUT2D eigenvalue weighted by Crippen LogP contribution is 2.33. The lowest BCUT2D eigenvalue weighted by Crippen LogP contribution is -2.45. The number of ether oxygens (including phenoxy) is 2. The van der Waals surface area contributed by atoms with Crippen LogP contribution in [-0.2, 0) is 16.0 Å². The van der Waals surface area contributed by atoms with Gasteiger partial charge in [0.25, 0.3) is 11.5 Å². The quantitative estimate of drug-likeness (QED) is 0.635. The molecule has 0 amide bonds. The van der Waals surface area contributed by atoms with Crippen LogP contribution in [0.4, 0.5) is 5.95 Å². The number of aliphatic hydroxyl groups is 1. The highest BCUT2D eigenvalue weighted by atomic mass is 16.5. The van der Waals surface area contributed by atoms with E-state index in [1.807, 2.05) is 13.8 Å². The lowest BCUT2D eigenvalue weighted by Gasteiger charge is -2.16. The van der Waals surface area contributed by atoms with Crippen LogP contribution >= 0.6 is 0 Å². The Bertz CT molecular complexity index is 786. The highest BCUT2D eigenvalue weighted by molar-refractivity contribution is 5.67. The molecule has 24 heavy (non-hydrogen) atoms. The van der Waals surface area contributed by atoms with Gasteiger partial charge in [-0.1, -0.05) is 4.98 Å². The van der Waals surface area contributed by atoms with Gasteiger partial charge in [0.05, 0.1) is 12.6 Å². The number of imidazole rings is 1. The summed E-state index contributed by atoms with van der Waals surface area (Å²) in [6.45, 7) is 4.99. The number of nitrogens with zero attached hydrogens (tertiary/aromatic N) is 3. The maximum Gasteiger partial charge on any atom is 0.313 e. The van der Waals surface area contributed by atoms with Crippen molar-refractivity contribution in [1.29, 1.82) is 0 Å². The summed E-state index contributed by atoms with van der Waals surface area (Å²) in [4.78, 5) is 19.0. The minimum Gasteiger partial charge on any atom is -0.386 e. The van der Waals surface area contributed by atoms with E-state index in [2.05, 4.69) is 9.97 Å². The molecule has 1 saturated heterocycles. The van der Waals surface area contributed by atoms with Crippen molar-refractivity contribution < 1.29 is 19.1 Å². The molecule has 0 unspecified atom stereocenters. The Kier molecular flexibility index (Phi) is 4.57. The number of H-pyrrole nitrogens is 1. The van der Waals surface area contributed by atoms with Gasteiger partial charge in [-0.25, -0.2) is 4.57 Å². The molecular formula is C15H24N5O4+. The molecule has 4 N–H and O–H groups in total. The van der Waals surface area contributed by atoms with Crippen LogP contribution in [0.5, 0.6) is 0 Å². The number of nitrogens with two attached hydrogens (primary N) is 1. The van der Waals surface area contributed by atoms with Gasteiger partial charge >= 0.3 is 5.65 Å². The summed E-state index contributed by atoms with van der Waals surface area (Å²) in [5.41, 5.74) is 6.20. The zero-order valence-corrected chi connectivity index (χ0v) is 14.1. The van der Waals surface area contributed by atoms with Crippen LogP contribution in [0.25, 0.3) is 11.2 Å². The molecule has 0 radical (unpaired) electrons.